The number of carbonyl (C=O) groups excluding carboxylic acids is 2. The summed E-state index contributed by atoms with van der Waals surface area (Å²) in [5.41, 5.74) is 5.38. The molecule has 2 aromatic carbocycles. The third-order valence-corrected chi connectivity index (χ3v) is 3.65. The van der Waals surface area contributed by atoms with Crippen molar-refractivity contribution in [2.45, 2.75) is 6.42 Å². The van der Waals surface area contributed by atoms with Crippen LogP contribution in [0, 0.1) is 10.1 Å². The highest BCUT2D eigenvalue weighted by Crippen LogP contribution is 2.30. The van der Waals surface area contributed by atoms with E-state index in [9.17, 15) is 19.7 Å². The van der Waals surface area contributed by atoms with Gasteiger partial charge in [-0.2, -0.15) is 0 Å². The lowest BCUT2D eigenvalue weighted by atomic mass is 10.2. The second-order valence-electron chi connectivity index (χ2n) is 5.26. The second kappa shape index (κ2) is 8.82. The number of primary amides is 1. The summed E-state index contributed by atoms with van der Waals surface area (Å²) in [6.07, 6.45) is -0.0261. The normalized spacial score (nSPS) is 10.2. The van der Waals surface area contributed by atoms with Gasteiger partial charge in [0.25, 0.3) is 5.91 Å². The van der Waals surface area contributed by atoms with E-state index in [-0.39, 0.29) is 29.4 Å². The summed E-state index contributed by atoms with van der Waals surface area (Å²) in [5, 5.41) is 11.3. The van der Waals surface area contributed by atoms with Crippen molar-refractivity contribution in [1.29, 1.82) is 0 Å². The van der Waals surface area contributed by atoms with Crippen LogP contribution in [0.15, 0.2) is 48.5 Å². The Balaban J connectivity index is 2.15. The molecule has 136 valence electrons. The Morgan fingerprint density at radius 3 is 2.50 bits per heavy atom. The van der Waals surface area contributed by atoms with E-state index in [2.05, 4.69) is 0 Å². The molecule has 0 radical (unpaired) electrons. The molecule has 0 aliphatic rings. The number of hydrogen-bond donors (Lipinski definition) is 1. The van der Waals surface area contributed by atoms with Gasteiger partial charge in [0.1, 0.15) is 0 Å². The van der Waals surface area contributed by atoms with Crippen LogP contribution < -0.4 is 15.4 Å². The fourth-order valence-corrected chi connectivity index (χ4v) is 2.37. The first-order valence-electron chi connectivity index (χ1n) is 7.59. The lowest BCUT2D eigenvalue weighted by Crippen LogP contribution is -2.37. The Kier molecular flexibility index (Phi) is 6.51. The molecule has 2 rings (SSSR count). The van der Waals surface area contributed by atoms with Crippen LogP contribution in [0.25, 0.3) is 0 Å². The van der Waals surface area contributed by atoms with E-state index in [1.165, 1.54) is 17.0 Å². The van der Waals surface area contributed by atoms with Gasteiger partial charge in [0, 0.05) is 29.7 Å². The minimum absolute atomic E-state index is 0.0261. The second-order valence-corrected chi connectivity index (χ2v) is 5.69. The van der Waals surface area contributed by atoms with Crippen molar-refractivity contribution in [3.8, 4) is 5.75 Å². The minimum atomic E-state index is -0.645. The average Bonchev–Trinajstić information content (AvgIpc) is 2.61. The van der Waals surface area contributed by atoms with Crippen LogP contribution in [0.2, 0.25) is 5.02 Å². The number of hydrogen-bond acceptors (Lipinski definition) is 5. The molecule has 0 unspecified atom stereocenters. The van der Waals surface area contributed by atoms with Crippen LogP contribution in [-0.2, 0) is 9.59 Å². The van der Waals surface area contributed by atoms with Crippen molar-refractivity contribution >= 4 is 34.8 Å². The van der Waals surface area contributed by atoms with Gasteiger partial charge in [0.2, 0.25) is 5.91 Å². The first-order valence-corrected chi connectivity index (χ1v) is 7.96. The molecule has 0 heterocycles. The van der Waals surface area contributed by atoms with Crippen molar-refractivity contribution in [3.63, 3.8) is 0 Å². The van der Waals surface area contributed by atoms with Gasteiger partial charge in [-0.1, -0.05) is 29.8 Å². The minimum Gasteiger partial charge on any atom is -0.477 e. The molecule has 9 heteroatoms. The van der Waals surface area contributed by atoms with Crippen LogP contribution in [0.3, 0.4) is 0 Å². The van der Waals surface area contributed by atoms with E-state index < -0.39 is 23.3 Å². The highest BCUT2D eigenvalue weighted by Gasteiger charge is 2.20. The first kappa shape index (κ1) is 19.2. The molecule has 2 amide bonds. The standard InChI is InChI=1S/C17H16ClN3O5/c18-12-6-7-15(14(10-12)21(24)25)26-11-17(23)20(9-8-16(19)22)13-4-2-1-3-5-13/h1-7,10H,8-9,11H2,(H2,19,22). The number of ether oxygens (including phenoxy) is 1. The fourth-order valence-electron chi connectivity index (χ4n) is 2.20. The zero-order valence-electron chi connectivity index (χ0n) is 13.6. The van der Waals surface area contributed by atoms with Gasteiger partial charge < -0.3 is 15.4 Å². The SMILES string of the molecule is NC(=O)CCN(C(=O)COc1ccc(Cl)cc1[N+](=O)[O-])c1ccccc1. The third kappa shape index (κ3) is 5.18. The van der Waals surface area contributed by atoms with E-state index in [1.54, 1.807) is 30.3 Å². The Morgan fingerprint density at radius 2 is 1.88 bits per heavy atom. The van der Waals surface area contributed by atoms with E-state index in [4.69, 9.17) is 22.1 Å². The van der Waals surface area contributed by atoms with Crippen molar-refractivity contribution < 1.29 is 19.2 Å². The molecule has 0 saturated heterocycles. The summed E-state index contributed by atoms with van der Waals surface area (Å²) >= 11 is 5.75. The summed E-state index contributed by atoms with van der Waals surface area (Å²) in [7, 11) is 0. The van der Waals surface area contributed by atoms with Gasteiger partial charge in [-0.15, -0.1) is 0 Å². The number of nitrogens with zero attached hydrogens (tertiary/aromatic N) is 2. The number of anilines is 1. The summed E-state index contributed by atoms with van der Waals surface area (Å²) in [5.74, 6) is -1.09. The van der Waals surface area contributed by atoms with Crippen molar-refractivity contribution in [2.24, 2.45) is 5.73 Å². The Bertz CT molecular complexity index is 813. The molecule has 0 spiro atoms. The number of halogens is 1. The van der Waals surface area contributed by atoms with E-state index in [0.29, 0.717) is 5.69 Å². The number of amides is 2. The lowest BCUT2D eigenvalue weighted by molar-refractivity contribution is -0.385. The quantitative estimate of drug-likeness (QED) is 0.560. The largest absolute Gasteiger partial charge is 0.477 e. The molecule has 0 aromatic heterocycles. The molecule has 0 aliphatic carbocycles. The monoisotopic (exact) mass is 377 g/mol. The number of para-hydroxylation sites is 1. The maximum atomic E-state index is 12.5. The van der Waals surface area contributed by atoms with Gasteiger partial charge >= 0.3 is 5.69 Å². The summed E-state index contributed by atoms with van der Waals surface area (Å²) in [6, 6.07) is 12.6. The number of carbonyl (C=O) groups is 2. The predicted octanol–water partition coefficient (Wildman–Crippen LogP) is 2.54. The maximum Gasteiger partial charge on any atom is 0.312 e. The Labute approximate surface area is 154 Å². The van der Waals surface area contributed by atoms with Crippen LogP contribution in [0.1, 0.15) is 6.42 Å². The zero-order chi connectivity index (χ0) is 19.1. The van der Waals surface area contributed by atoms with Crippen molar-refractivity contribution in [2.75, 3.05) is 18.1 Å². The van der Waals surface area contributed by atoms with Crippen LogP contribution >= 0.6 is 11.6 Å². The topological polar surface area (TPSA) is 116 Å². The molecular formula is C17H16ClN3O5. The van der Waals surface area contributed by atoms with Crippen LogP contribution in [0.5, 0.6) is 5.75 Å². The molecule has 0 fully saturated rings. The van der Waals surface area contributed by atoms with Crippen molar-refractivity contribution in [1.82, 2.24) is 0 Å². The van der Waals surface area contributed by atoms with Gasteiger partial charge in [0.15, 0.2) is 12.4 Å². The average molecular weight is 378 g/mol. The van der Waals surface area contributed by atoms with Crippen molar-refractivity contribution in [3.05, 3.63) is 63.7 Å². The molecular weight excluding hydrogens is 362 g/mol. The summed E-state index contributed by atoms with van der Waals surface area (Å²) in [4.78, 5) is 35.4. The lowest BCUT2D eigenvalue weighted by Gasteiger charge is -2.22. The molecule has 0 aliphatic heterocycles. The van der Waals surface area contributed by atoms with E-state index >= 15 is 0 Å². The number of nitro benzene ring substituents is 1. The third-order valence-electron chi connectivity index (χ3n) is 3.42. The van der Waals surface area contributed by atoms with Gasteiger partial charge in [-0.05, 0) is 24.3 Å². The highest BCUT2D eigenvalue weighted by atomic mass is 35.5. The molecule has 0 saturated carbocycles. The molecule has 8 nitrogen and oxygen atoms in total. The number of nitro groups is 1. The first-order chi connectivity index (χ1) is 12.4. The van der Waals surface area contributed by atoms with Crippen LogP contribution in [-0.4, -0.2) is 29.9 Å². The fraction of sp³-hybridized carbons (Fsp3) is 0.176. The Morgan fingerprint density at radius 1 is 1.19 bits per heavy atom. The highest BCUT2D eigenvalue weighted by molar-refractivity contribution is 6.30. The number of nitrogens with two attached hydrogens (primary N) is 1. The smallest absolute Gasteiger partial charge is 0.312 e. The molecule has 0 bridgehead atoms. The number of rotatable bonds is 8. The summed E-state index contributed by atoms with van der Waals surface area (Å²) < 4.78 is 5.32. The number of benzene rings is 2. The molecule has 2 aromatic rings. The summed E-state index contributed by atoms with van der Waals surface area (Å²) in [6.45, 7) is -0.375. The van der Waals surface area contributed by atoms with E-state index in [0.717, 1.165) is 6.07 Å². The Hall–Kier alpha value is -3.13. The van der Waals surface area contributed by atoms with E-state index in [1.807, 2.05) is 0 Å². The molecule has 0 atom stereocenters. The van der Waals surface area contributed by atoms with Gasteiger partial charge in [-0.3, -0.25) is 19.7 Å². The predicted molar refractivity (Wildman–Crippen MR) is 96.2 cm³/mol. The van der Waals surface area contributed by atoms with Gasteiger partial charge in [-0.25, -0.2) is 0 Å². The zero-order valence-corrected chi connectivity index (χ0v) is 14.4. The molecule has 2 N–H and O–H groups in total. The maximum absolute atomic E-state index is 12.5. The van der Waals surface area contributed by atoms with Gasteiger partial charge in [0.05, 0.1) is 4.92 Å². The molecule has 26 heavy (non-hydrogen) atoms. The van der Waals surface area contributed by atoms with Crippen LogP contribution in [0.4, 0.5) is 11.4 Å².